The second-order valence-electron chi connectivity index (χ2n) is 12.9. The molecule has 2 atom stereocenters. The van der Waals surface area contributed by atoms with Gasteiger partial charge in [0.05, 0.1) is 26.3 Å². The van der Waals surface area contributed by atoms with Gasteiger partial charge in [0.25, 0.3) is 0 Å². The van der Waals surface area contributed by atoms with E-state index in [1.54, 1.807) is 7.11 Å². The van der Waals surface area contributed by atoms with E-state index in [0.717, 1.165) is 89.0 Å². The van der Waals surface area contributed by atoms with Gasteiger partial charge in [0, 0.05) is 51.2 Å². The smallest absolute Gasteiger partial charge is 0.411 e. The molecule has 4 rings (SSSR count). The Balaban J connectivity index is 1.39. The third kappa shape index (κ3) is 8.60. The zero-order chi connectivity index (χ0) is 30.3. The number of carbonyl (C=O) groups excluding carboxylic acids is 3. The number of hydrogen-bond acceptors (Lipinski definition) is 8. The summed E-state index contributed by atoms with van der Waals surface area (Å²) in [6.07, 6.45) is 6.25. The van der Waals surface area contributed by atoms with Gasteiger partial charge in [-0.25, -0.2) is 4.79 Å². The highest BCUT2D eigenvalue weighted by atomic mass is 16.6. The number of rotatable bonds is 8. The lowest BCUT2D eigenvalue weighted by molar-refractivity contribution is -0.146. The summed E-state index contributed by atoms with van der Waals surface area (Å²) in [5, 5.41) is 3.24. The average molecular weight is 587 g/mol. The van der Waals surface area contributed by atoms with E-state index in [2.05, 4.69) is 27.2 Å². The zero-order valence-corrected chi connectivity index (χ0v) is 26.1. The molecule has 10 heteroatoms. The Morgan fingerprint density at radius 1 is 0.905 bits per heavy atom. The van der Waals surface area contributed by atoms with Crippen LogP contribution in [0.15, 0.2) is 24.3 Å². The van der Waals surface area contributed by atoms with Crippen molar-refractivity contribution < 1.29 is 28.6 Å². The largest absolute Gasteiger partial charge is 0.497 e. The molecule has 1 aromatic rings. The van der Waals surface area contributed by atoms with E-state index in [4.69, 9.17) is 14.2 Å². The van der Waals surface area contributed by atoms with Crippen molar-refractivity contribution in [2.45, 2.75) is 96.0 Å². The van der Waals surface area contributed by atoms with Crippen molar-refractivity contribution in [3.63, 3.8) is 0 Å². The average Bonchev–Trinajstić information content (AvgIpc) is 2.99. The molecular formula is C32H50N4O6. The second kappa shape index (κ2) is 14.6. The van der Waals surface area contributed by atoms with Crippen molar-refractivity contribution in [2.75, 3.05) is 46.9 Å². The first-order chi connectivity index (χ1) is 20.1. The number of piperazine rings is 1. The number of esters is 1. The van der Waals surface area contributed by atoms with E-state index in [9.17, 15) is 14.4 Å². The summed E-state index contributed by atoms with van der Waals surface area (Å²) >= 11 is 0. The molecule has 1 aromatic carbocycles. The van der Waals surface area contributed by atoms with E-state index in [1.165, 1.54) is 7.11 Å². The monoisotopic (exact) mass is 586 g/mol. The normalized spacial score (nSPS) is 24.9. The highest BCUT2D eigenvalue weighted by Crippen LogP contribution is 2.31. The molecule has 2 heterocycles. The van der Waals surface area contributed by atoms with Crippen molar-refractivity contribution >= 4 is 18.0 Å². The number of carbonyl (C=O) groups is 3. The van der Waals surface area contributed by atoms with Crippen LogP contribution in [0.2, 0.25) is 0 Å². The Kier molecular flexibility index (Phi) is 11.1. The first-order valence-corrected chi connectivity index (χ1v) is 15.6. The van der Waals surface area contributed by atoms with Gasteiger partial charge in [-0.2, -0.15) is 0 Å². The molecule has 0 radical (unpaired) electrons. The minimum atomic E-state index is -0.523. The predicted octanol–water partition coefficient (Wildman–Crippen LogP) is 4.34. The van der Waals surface area contributed by atoms with Crippen LogP contribution in [-0.4, -0.2) is 97.4 Å². The van der Waals surface area contributed by atoms with E-state index >= 15 is 0 Å². The molecule has 0 bridgehead atoms. The number of piperidine rings is 1. The molecule has 0 spiro atoms. The second-order valence-corrected chi connectivity index (χ2v) is 12.9. The summed E-state index contributed by atoms with van der Waals surface area (Å²) < 4.78 is 16.0. The Bertz CT molecular complexity index is 1040. The molecule has 1 unspecified atom stereocenters. The van der Waals surface area contributed by atoms with E-state index in [1.807, 2.05) is 37.8 Å². The van der Waals surface area contributed by atoms with Gasteiger partial charge in [0.1, 0.15) is 11.4 Å². The number of nitrogens with zero attached hydrogens (tertiary/aromatic N) is 3. The van der Waals surface area contributed by atoms with Crippen molar-refractivity contribution in [3.8, 4) is 5.75 Å². The maximum Gasteiger partial charge on any atom is 0.411 e. The van der Waals surface area contributed by atoms with Gasteiger partial charge in [0.15, 0.2) is 0 Å². The molecule has 234 valence electrons. The Hall–Kier alpha value is -2.85. The minimum absolute atomic E-state index is 0.0307. The number of amides is 2. The summed E-state index contributed by atoms with van der Waals surface area (Å²) in [7, 11) is 3.08. The van der Waals surface area contributed by atoms with Crippen LogP contribution in [0.4, 0.5) is 4.79 Å². The lowest BCUT2D eigenvalue weighted by atomic mass is 9.86. The summed E-state index contributed by atoms with van der Waals surface area (Å²) in [5.74, 6) is 0.597. The first-order valence-electron chi connectivity index (χ1n) is 15.6. The number of hydrogen-bond donors (Lipinski definition) is 1. The van der Waals surface area contributed by atoms with E-state index in [0.29, 0.717) is 6.42 Å². The number of benzene rings is 1. The van der Waals surface area contributed by atoms with Gasteiger partial charge < -0.3 is 19.5 Å². The molecule has 1 aliphatic carbocycles. The molecule has 3 aliphatic rings. The fourth-order valence-corrected chi connectivity index (χ4v) is 6.56. The minimum Gasteiger partial charge on any atom is -0.497 e. The Labute approximate surface area is 251 Å². The van der Waals surface area contributed by atoms with Crippen molar-refractivity contribution in [1.29, 1.82) is 0 Å². The molecule has 0 aromatic heterocycles. The molecular weight excluding hydrogens is 536 g/mol. The van der Waals surface area contributed by atoms with Crippen LogP contribution in [0, 0.1) is 5.92 Å². The van der Waals surface area contributed by atoms with Gasteiger partial charge in [0.2, 0.25) is 5.91 Å². The summed E-state index contributed by atoms with van der Waals surface area (Å²) in [6, 6.07) is 8.01. The van der Waals surface area contributed by atoms with Crippen molar-refractivity contribution in [3.05, 3.63) is 29.8 Å². The maximum absolute atomic E-state index is 13.4. The number of likely N-dealkylation sites (tertiary alicyclic amines) is 1. The van der Waals surface area contributed by atoms with Crippen molar-refractivity contribution in [2.24, 2.45) is 5.92 Å². The highest BCUT2D eigenvalue weighted by molar-refractivity contribution is 5.77. The third-order valence-electron chi connectivity index (χ3n) is 8.82. The van der Waals surface area contributed by atoms with Gasteiger partial charge in [-0.1, -0.05) is 12.1 Å². The SMILES string of the molecule is COc1ccc(C(CC(=O)N[C@H]2CC[C@H](C(=O)OC)CC2)N2CCN([C@@H]3CCCCN3C(=O)OC(C)(C)C)CC2)cc1. The Morgan fingerprint density at radius 3 is 2.17 bits per heavy atom. The molecule has 1 N–H and O–H groups in total. The number of nitrogens with one attached hydrogen (secondary N) is 1. The van der Waals surface area contributed by atoms with Gasteiger partial charge in [-0.05, 0) is 83.4 Å². The van der Waals surface area contributed by atoms with Crippen molar-refractivity contribution in [1.82, 2.24) is 20.0 Å². The summed E-state index contributed by atoms with van der Waals surface area (Å²) in [5.41, 5.74) is 0.562. The lowest BCUT2D eigenvalue weighted by Crippen LogP contribution is -2.59. The molecule has 2 amide bonds. The third-order valence-corrected chi connectivity index (χ3v) is 8.82. The molecule has 1 saturated carbocycles. The quantitative estimate of drug-likeness (QED) is 0.449. The molecule has 3 fully saturated rings. The van der Waals surface area contributed by atoms with Crippen LogP contribution >= 0.6 is 0 Å². The summed E-state index contributed by atoms with van der Waals surface area (Å²) in [6.45, 7) is 9.67. The highest BCUT2D eigenvalue weighted by Gasteiger charge is 2.37. The molecule has 2 saturated heterocycles. The molecule has 2 aliphatic heterocycles. The lowest BCUT2D eigenvalue weighted by Gasteiger charge is -2.47. The predicted molar refractivity (Wildman–Crippen MR) is 160 cm³/mol. The van der Waals surface area contributed by atoms with Crippen LogP contribution in [0.1, 0.15) is 83.7 Å². The zero-order valence-electron chi connectivity index (χ0n) is 26.1. The molecule has 10 nitrogen and oxygen atoms in total. The number of ether oxygens (including phenoxy) is 3. The maximum atomic E-state index is 13.4. The van der Waals surface area contributed by atoms with Gasteiger partial charge in [-0.15, -0.1) is 0 Å². The topological polar surface area (TPSA) is 101 Å². The van der Waals surface area contributed by atoms with Gasteiger partial charge >= 0.3 is 12.1 Å². The number of methoxy groups -OCH3 is 2. The molecule has 42 heavy (non-hydrogen) atoms. The first kappa shape index (κ1) is 32.1. The Morgan fingerprint density at radius 2 is 1.57 bits per heavy atom. The van der Waals surface area contributed by atoms with Crippen LogP contribution in [0.25, 0.3) is 0 Å². The summed E-state index contributed by atoms with van der Waals surface area (Å²) in [4.78, 5) is 45.0. The fourth-order valence-electron chi connectivity index (χ4n) is 6.56. The van der Waals surface area contributed by atoms with Crippen LogP contribution in [0.3, 0.4) is 0 Å². The fraction of sp³-hybridized carbons (Fsp3) is 0.719. The van der Waals surface area contributed by atoms with Crippen LogP contribution in [0.5, 0.6) is 5.75 Å². The van der Waals surface area contributed by atoms with Crippen LogP contribution < -0.4 is 10.1 Å². The van der Waals surface area contributed by atoms with E-state index < -0.39 is 5.60 Å². The van der Waals surface area contributed by atoms with Gasteiger partial charge in [-0.3, -0.25) is 24.3 Å². The standard InChI is InChI=1S/C32H50N4O6/c1-32(2,3)42-31(39)36-17-7-6-8-29(36)35-20-18-34(19-21-35)27(23-11-15-26(40-4)16-12-23)22-28(37)33-25-13-9-24(10-14-25)30(38)41-5/h11-12,15-16,24-25,27,29H,6-10,13-14,17-22H2,1-5H3,(H,33,37)/t24-,25-,27?,29-/m0/s1. The van der Waals surface area contributed by atoms with Crippen LogP contribution in [-0.2, 0) is 19.1 Å². The van der Waals surface area contributed by atoms with E-state index in [-0.39, 0.29) is 42.1 Å².